The summed E-state index contributed by atoms with van der Waals surface area (Å²) in [4.78, 5) is 30.7. The molecule has 0 saturated carbocycles. The molecule has 0 unspecified atom stereocenters. The zero-order valence-corrected chi connectivity index (χ0v) is 17.7. The third kappa shape index (κ3) is 3.81. The van der Waals surface area contributed by atoms with E-state index in [0.29, 0.717) is 30.6 Å². The highest BCUT2D eigenvalue weighted by Crippen LogP contribution is 2.27. The molecule has 0 aliphatic carbocycles. The second-order valence-corrected chi connectivity index (χ2v) is 8.92. The minimum atomic E-state index is 0.130. The Labute approximate surface area is 182 Å². The van der Waals surface area contributed by atoms with E-state index in [1.165, 1.54) is 11.2 Å². The number of hydrogen-bond acceptors (Lipinski definition) is 7. The number of thiophene rings is 1. The molecule has 9 heteroatoms. The fraction of sp³-hybridized carbons (Fsp3) is 0.238. The molecule has 5 rings (SSSR count). The maximum absolute atomic E-state index is 12.7. The zero-order chi connectivity index (χ0) is 20.7. The minimum absolute atomic E-state index is 0.130. The molecule has 1 aliphatic heterocycles. The predicted octanol–water partition coefficient (Wildman–Crippen LogP) is 3.32. The lowest BCUT2D eigenvalue weighted by Gasteiger charge is -2.34. The molecule has 7 nitrogen and oxygen atoms in total. The van der Waals surface area contributed by atoms with Crippen LogP contribution >= 0.6 is 22.9 Å². The Bertz CT molecular complexity index is 1260. The quantitative estimate of drug-likeness (QED) is 0.492. The molecule has 152 valence electrons. The number of nitrogens with two attached hydrogens (primary N) is 1. The Morgan fingerprint density at radius 1 is 1.07 bits per heavy atom. The molecule has 4 aromatic rings. The van der Waals surface area contributed by atoms with Crippen molar-refractivity contribution in [2.75, 3.05) is 25.4 Å². The van der Waals surface area contributed by atoms with Gasteiger partial charge in [0.2, 0.25) is 5.91 Å². The van der Waals surface area contributed by atoms with Gasteiger partial charge in [0.1, 0.15) is 17.3 Å². The molecule has 2 N–H and O–H groups in total. The van der Waals surface area contributed by atoms with Gasteiger partial charge in [-0.25, -0.2) is 15.0 Å². The highest BCUT2D eigenvalue weighted by Gasteiger charge is 2.24. The number of aromatic nitrogens is 3. The van der Waals surface area contributed by atoms with E-state index in [1.807, 2.05) is 29.2 Å². The van der Waals surface area contributed by atoms with Gasteiger partial charge in [-0.05, 0) is 35.9 Å². The number of carbonyl (C=O) groups is 1. The molecule has 0 spiro atoms. The number of hydrogen-bond donors (Lipinski definition) is 1. The first kappa shape index (κ1) is 19.2. The lowest BCUT2D eigenvalue weighted by molar-refractivity contribution is -0.136. The molecular formula is C21H19ClN6OS. The Hall–Kier alpha value is -2.81. The van der Waals surface area contributed by atoms with Gasteiger partial charge in [-0.1, -0.05) is 17.7 Å². The molecule has 30 heavy (non-hydrogen) atoms. The zero-order valence-electron chi connectivity index (χ0n) is 16.1. The van der Waals surface area contributed by atoms with Gasteiger partial charge in [0.15, 0.2) is 0 Å². The molecular weight excluding hydrogens is 420 g/mol. The number of anilines is 1. The molecule has 4 heterocycles. The summed E-state index contributed by atoms with van der Waals surface area (Å²) < 4.78 is 1.11. The van der Waals surface area contributed by atoms with Gasteiger partial charge in [-0.3, -0.25) is 9.69 Å². The second kappa shape index (κ2) is 7.79. The second-order valence-electron chi connectivity index (χ2n) is 7.37. The standard InChI is InChI=1S/C21H19ClN6OS/c22-19-4-3-18-17(26-19)8-14(30-18)10-27-5-6-28(20(29)11-27)9-13-1-2-15-16(7-13)24-12-25-21(15)23/h1-4,7-8,12H,5-6,9-11H2,(H2,23,24,25). The minimum Gasteiger partial charge on any atom is -0.383 e. The van der Waals surface area contributed by atoms with Crippen LogP contribution in [0, 0.1) is 0 Å². The van der Waals surface area contributed by atoms with Crippen molar-refractivity contribution >= 4 is 55.8 Å². The van der Waals surface area contributed by atoms with Crippen LogP contribution in [0.25, 0.3) is 21.1 Å². The van der Waals surface area contributed by atoms with Gasteiger partial charge in [-0.2, -0.15) is 0 Å². The van der Waals surface area contributed by atoms with E-state index in [9.17, 15) is 4.79 Å². The number of nitrogen functional groups attached to an aromatic ring is 1. The smallest absolute Gasteiger partial charge is 0.237 e. The summed E-state index contributed by atoms with van der Waals surface area (Å²) in [6, 6.07) is 11.7. The van der Waals surface area contributed by atoms with E-state index in [2.05, 4.69) is 25.9 Å². The van der Waals surface area contributed by atoms with Gasteiger partial charge < -0.3 is 10.6 Å². The number of benzene rings is 1. The van der Waals surface area contributed by atoms with Gasteiger partial charge in [-0.15, -0.1) is 11.3 Å². The van der Waals surface area contributed by atoms with Crippen LogP contribution in [0.4, 0.5) is 5.82 Å². The molecule has 1 fully saturated rings. The third-order valence-corrected chi connectivity index (χ3v) is 6.56. The van der Waals surface area contributed by atoms with E-state index in [0.717, 1.165) is 39.8 Å². The average molecular weight is 439 g/mol. The number of fused-ring (bicyclic) bond motifs is 2. The topological polar surface area (TPSA) is 88.2 Å². The molecule has 0 radical (unpaired) electrons. The molecule has 1 aliphatic rings. The van der Waals surface area contributed by atoms with E-state index in [1.54, 1.807) is 17.4 Å². The molecule has 1 saturated heterocycles. The van der Waals surface area contributed by atoms with Crippen LogP contribution in [-0.2, 0) is 17.9 Å². The summed E-state index contributed by atoms with van der Waals surface area (Å²) in [6.07, 6.45) is 1.46. The number of halogens is 1. The monoisotopic (exact) mass is 438 g/mol. The van der Waals surface area contributed by atoms with Gasteiger partial charge in [0.05, 0.1) is 22.3 Å². The molecule has 1 aromatic carbocycles. The Kier molecular flexibility index (Phi) is 4.98. The number of carbonyl (C=O) groups excluding carboxylic acids is 1. The van der Waals surface area contributed by atoms with E-state index in [4.69, 9.17) is 17.3 Å². The van der Waals surface area contributed by atoms with Crippen molar-refractivity contribution in [1.82, 2.24) is 24.8 Å². The Morgan fingerprint density at radius 2 is 1.97 bits per heavy atom. The molecule has 0 atom stereocenters. The van der Waals surface area contributed by atoms with E-state index in [-0.39, 0.29) is 5.91 Å². The van der Waals surface area contributed by atoms with Crippen molar-refractivity contribution in [3.05, 3.63) is 58.3 Å². The van der Waals surface area contributed by atoms with Crippen molar-refractivity contribution in [3.63, 3.8) is 0 Å². The molecule has 1 amide bonds. The van der Waals surface area contributed by atoms with Crippen molar-refractivity contribution in [2.24, 2.45) is 0 Å². The largest absolute Gasteiger partial charge is 0.383 e. The number of piperazine rings is 1. The van der Waals surface area contributed by atoms with Crippen LogP contribution in [0.1, 0.15) is 10.4 Å². The van der Waals surface area contributed by atoms with Crippen LogP contribution in [0.3, 0.4) is 0 Å². The first-order valence-electron chi connectivity index (χ1n) is 9.59. The fourth-order valence-electron chi connectivity index (χ4n) is 3.75. The Morgan fingerprint density at radius 3 is 2.83 bits per heavy atom. The Balaban J connectivity index is 1.24. The molecule has 0 bridgehead atoms. The van der Waals surface area contributed by atoms with Crippen LogP contribution in [0.15, 0.2) is 42.7 Å². The average Bonchev–Trinajstić information content (AvgIpc) is 3.11. The van der Waals surface area contributed by atoms with Crippen molar-refractivity contribution in [2.45, 2.75) is 13.1 Å². The fourth-order valence-corrected chi connectivity index (χ4v) is 4.95. The normalized spacial score (nSPS) is 15.4. The van der Waals surface area contributed by atoms with Crippen molar-refractivity contribution in [3.8, 4) is 0 Å². The van der Waals surface area contributed by atoms with Crippen LogP contribution in [0.2, 0.25) is 5.15 Å². The third-order valence-electron chi connectivity index (χ3n) is 5.27. The number of nitrogens with zero attached hydrogens (tertiary/aromatic N) is 5. The maximum atomic E-state index is 12.7. The highest BCUT2D eigenvalue weighted by molar-refractivity contribution is 7.19. The summed E-state index contributed by atoms with van der Waals surface area (Å²) in [7, 11) is 0. The predicted molar refractivity (Wildman–Crippen MR) is 119 cm³/mol. The molecule has 3 aromatic heterocycles. The van der Waals surface area contributed by atoms with E-state index >= 15 is 0 Å². The lowest BCUT2D eigenvalue weighted by Crippen LogP contribution is -2.49. The van der Waals surface area contributed by atoms with Crippen molar-refractivity contribution < 1.29 is 4.79 Å². The van der Waals surface area contributed by atoms with Crippen LogP contribution in [0.5, 0.6) is 0 Å². The van der Waals surface area contributed by atoms with Gasteiger partial charge in [0.25, 0.3) is 0 Å². The van der Waals surface area contributed by atoms with Crippen LogP contribution in [-0.4, -0.2) is 50.3 Å². The highest BCUT2D eigenvalue weighted by atomic mass is 35.5. The van der Waals surface area contributed by atoms with Gasteiger partial charge in [0, 0.05) is 36.4 Å². The first-order chi connectivity index (χ1) is 14.5. The summed E-state index contributed by atoms with van der Waals surface area (Å²) in [5.74, 6) is 0.598. The summed E-state index contributed by atoms with van der Waals surface area (Å²) in [6.45, 7) is 3.24. The SMILES string of the molecule is Nc1ncnc2cc(CN3CCN(Cc4cc5nc(Cl)ccc5s4)CC3=O)ccc12. The number of amides is 1. The number of pyridine rings is 1. The maximum Gasteiger partial charge on any atom is 0.237 e. The summed E-state index contributed by atoms with van der Waals surface area (Å²) in [5, 5.41) is 1.33. The summed E-state index contributed by atoms with van der Waals surface area (Å²) in [5.41, 5.74) is 8.64. The number of rotatable bonds is 4. The lowest BCUT2D eigenvalue weighted by atomic mass is 10.1. The first-order valence-corrected chi connectivity index (χ1v) is 10.8. The van der Waals surface area contributed by atoms with Crippen molar-refractivity contribution in [1.29, 1.82) is 0 Å². The van der Waals surface area contributed by atoms with E-state index < -0.39 is 0 Å². The van der Waals surface area contributed by atoms with Gasteiger partial charge >= 0.3 is 0 Å². The van der Waals surface area contributed by atoms with Crippen LogP contribution < -0.4 is 5.73 Å². The summed E-state index contributed by atoms with van der Waals surface area (Å²) >= 11 is 7.68.